The van der Waals surface area contributed by atoms with Crippen LogP contribution in [0.5, 0.6) is 0 Å². The van der Waals surface area contributed by atoms with Crippen LogP contribution in [-0.4, -0.2) is 30.1 Å². The van der Waals surface area contributed by atoms with E-state index in [1.54, 1.807) is 0 Å². The van der Waals surface area contributed by atoms with Crippen molar-refractivity contribution in [3.05, 3.63) is 34.1 Å². The lowest BCUT2D eigenvalue weighted by Crippen LogP contribution is -2.41. The molecule has 108 valence electrons. The quantitative estimate of drug-likeness (QED) is 0.765. The molecule has 2 nitrogen and oxygen atoms in total. The minimum atomic E-state index is -0.213. The van der Waals surface area contributed by atoms with E-state index in [-0.39, 0.29) is 5.82 Å². The fourth-order valence-corrected chi connectivity index (χ4v) is 2.63. The van der Waals surface area contributed by atoms with Gasteiger partial charge < -0.3 is 5.32 Å². The first kappa shape index (κ1) is 16.6. The second kappa shape index (κ2) is 7.98. The first-order valence-corrected chi connectivity index (χ1v) is 7.61. The summed E-state index contributed by atoms with van der Waals surface area (Å²) in [6.45, 7) is 11.6. The summed E-state index contributed by atoms with van der Waals surface area (Å²) in [7, 11) is 0. The van der Waals surface area contributed by atoms with E-state index in [1.807, 2.05) is 12.1 Å². The van der Waals surface area contributed by atoms with Gasteiger partial charge in [0.25, 0.3) is 0 Å². The van der Waals surface area contributed by atoms with Crippen molar-refractivity contribution in [1.29, 1.82) is 0 Å². The Morgan fingerprint density at radius 1 is 1.21 bits per heavy atom. The van der Waals surface area contributed by atoms with Gasteiger partial charge in [-0.1, -0.05) is 6.07 Å². The number of nitrogens with one attached hydrogen (secondary N) is 1. The zero-order valence-electron chi connectivity index (χ0n) is 12.2. The monoisotopic (exact) mass is 330 g/mol. The molecule has 4 heteroatoms. The SMILES string of the molecule is CC(C)N(CCNCc1ccc(F)c(Br)c1)C(C)C. The molecule has 0 spiro atoms. The van der Waals surface area contributed by atoms with Gasteiger partial charge in [-0.15, -0.1) is 0 Å². The van der Waals surface area contributed by atoms with Crippen molar-refractivity contribution >= 4 is 15.9 Å². The molecule has 1 aromatic carbocycles. The Hall–Kier alpha value is -0.450. The molecule has 0 fully saturated rings. The molecule has 0 radical (unpaired) electrons. The van der Waals surface area contributed by atoms with Crippen molar-refractivity contribution in [2.24, 2.45) is 0 Å². The highest BCUT2D eigenvalue weighted by atomic mass is 79.9. The second-order valence-electron chi connectivity index (χ2n) is 5.35. The fraction of sp³-hybridized carbons (Fsp3) is 0.600. The van der Waals surface area contributed by atoms with Crippen molar-refractivity contribution in [3.63, 3.8) is 0 Å². The van der Waals surface area contributed by atoms with Crippen LogP contribution in [0.3, 0.4) is 0 Å². The second-order valence-corrected chi connectivity index (χ2v) is 6.20. The van der Waals surface area contributed by atoms with Crippen LogP contribution in [0.2, 0.25) is 0 Å². The average molecular weight is 331 g/mol. The van der Waals surface area contributed by atoms with E-state index in [2.05, 4.69) is 53.8 Å². The molecule has 0 bridgehead atoms. The molecule has 0 aliphatic heterocycles. The molecule has 0 aromatic heterocycles. The molecule has 0 amide bonds. The number of hydrogen-bond acceptors (Lipinski definition) is 2. The lowest BCUT2D eigenvalue weighted by atomic mass is 10.2. The van der Waals surface area contributed by atoms with Crippen molar-refractivity contribution in [1.82, 2.24) is 10.2 Å². The van der Waals surface area contributed by atoms with E-state index >= 15 is 0 Å². The van der Waals surface area contributed by atoms with Gasteiger partial charge in [-0.25, -0.2) is 4.39 Å². The van der Waals surface area contributed by atoms with Crippen LogP contribution in [0.4, 0.5) is 4.39 Å². The van der Waals surface area contributed by atoms with Crippen molar-refractivity contribution < 1.29 is 4.39 Å². The van der Waals surface area contributed by atoms with Crippen LogP contribution in [0, 0.1) is 5.82 Å². The molecule has 0 saturated heterocycles. The normalized spacial score (nSPS) is 11.8. The molecule has 0 aliphatic carbocycles. The van der Waals surface area contributed by atoms with Gasteiger partial charge in [0.2, 0.25) is 0 Å². The summed E-state index contributed by atoms with van der Waals surface area (Å²) >= 11 is 3.21. The van der Waals surface area contributed by atoms with Gasteiger partial charge in [0.05, 0.1) is 4.47 Å². The lowest BCUT2D eigenvalue weighted by Gasteiger charge is -2.30. The van der Waals surface area contributed by atoms with Crippen LogP contribution >= 0.6 is 15.9 Å². The van der Waals surface area contributed by atoms with Crippen molar-refractivity contribution in [2.75, 3.05) is 13.1 Å². The third-order valence-electron chi connectivity index (χ3n) is 3.19. The Labute approximate surface area is 124 Å². The molecular weight excluding hydrogens is 307 g/mol. The number of hydrogen-bond donors (Lipinski definition) is 1. The number of halogens is 2. The zero-order chi connectivity index (χ0) is 14.4. The third-order valence-corrected chi connectivity index (χ3v) is 3.79. The summed E-state index contributed by atoms with van der Waals surface area (Å²) < 4.78 is 13.6. The molecule has 0 heterocycles. The van der Waals surface area contributed by atoms with E-state index in [1.165, 1.54) is 6.07 Å². The topological polar surface area (TPSA) is 15.3 Å². The summed E-state index contributed by atoms with van der Waals surface area (Å²) in [5, 5.41) is 3.40. The maximum absolute atomic E-state index is 13.1. The molecule has 1 rings (SSSR count). The number of rotatable bonds is 7. The molecule has 19 heavy (non-hydrogen) atoms. The molecule has 1 aromatic rings. The van der Waals surface area contributed by atoms with Gasteiger partial charge in [0.1, 0.15) is 5.82 Å². The van der Waals surface area contributed by atoms with Gasteiger partial charge in [-0.3, -0.25) is 4.90 Å². The van der Waals surface area contributed by atoms with E-state index < -0.39 is 0 Å². The predicted molar refractivity (Wildman–Crippen MR) is 82.8 cm³/mol. The lowest BCUT2D eigenvalue weighted by molar-refractivity contribution is 0.176. The van der Waals surface area contributed by atoms with Crippen LogP contribution in [-0.2, 0) is 6.54 Å². The van der Waals surface area contributed by atoms with E-state index in [4.69, 9.17) is 0 Å². The number of nitrogens with zero attached hydrogens (tertiary/aromatic N) is 1. The maximum atomic E-state index is 13.1. The van der Waals surface area contributed by atoms with Crippen molar-refractivity contribution in [2.45, 2.75) is 46.3 Å². The fourth-order valence-electron chi connectivity index (χ4n) is 2.20. The first-order chi connectivity index (χ1) is 8.91. The number of benzene rings is 1. The summed E-state index contributed by atoms with van der Waals surface area (Å²) in [5.74, 6) is -0.213. The van der Waals surface area contributed by atoms with Crippen LogP contribution in [0.25, 0.3) is 0 Å². The zero-order valence-corrected chi connectivity index (χ0v) is 13.8. The van der Waals surface area contributed by atoms with E-state index in [0.717, 1.165) is 25.2 Å². The molecule has 0 aliphatic rings. The van der Waals surface area contributed by atoms with Gasteiger partial charge in [-0.2, -0.15) is 0 Å². The maximum Gasteiger partial charge on any atom is 0.137 e. The van der Waals surface area contributed by atoms with Crippen LogP contribution < -0.4 is 5.32 Å². The standard InChI is InChI=1S/C15H24BrFN2/c1-11(2)19(12(3)4)8-7-18-10-13-5-6-15(17)14(16)9-13/h5-6,9,11-12,18H,7-8,10H2,1-4H3. The van der Waals surface area contributed by atoms with E-state index in [9.17, 15) is 4.39 Å². The van der Waals surface area contributed by atoms with Gasteiger partial charge >= 0.3 is 0 Å². The minimum absolute atomic E-state index is 0.213. The van der Waals surface area contributed by atoms with Crippen molar-refractivity contribution in [3.8, 4) is 0 Å². The van der Waals surface area contributed by atoms with Gasteiger partial charge in [-0.05, 0) is 61.3 Å². The summed E-state index contributed by atoms with van der Waals surface area (Å²) in [6.07, 6.45) is 0. The Balaban J connectivity index is 2.36. The summed E-state index contributed by atoms with van der Waals surface area (Å²) in [6, 6.07) is 6.25. The largest absolute Gasteiger partial charge is 0.311 e. The molecular formula is C15H24BrFN2. The Morgan fingerprint density at radius 3 is 2.37 bits per heavy atom. The van der Waals surface area contributed by atoms with Gasteiger partial charge in [0, 0.05) is 31.7 Å². The molecule has 0 unspecified atom stereocenters. The minimum Gasteiger partial charge on any atom is -0.311 e. The smallest absolute Gasteiger partial charge is 0.137 e. The van der Waals surface area contributed by atoms with Crippen LogP contribution in [0.1, 0.15) is 33.3 Å². The van der Waals surface area contributed by atoms with E-state index in [0.29, 0.717) is 16.6 Å². The first-order valence-electron chi connectivity index (χ1n) is 6.82. The third kappa shape index (κ3) is 5.59. The highest BCUT2D eigenvalue weighted by Crippen LogP contribution is 2.16. The summed E-state index contributed by atoms with van der Waals surface area (Å²) in [5.41, 5.74) is 1.09. The Bertz CT molecular complexity index is 386. The highest BCUT2D eigenvalue weighted by molar-refractivity contribution is 9.10. The molecule has 0 atom stereocenters. The van der Waals surface area contributed by atoms with Crippen LogP contribution in [0.15, 0.2) is 22.7 Å². The predicted octanol–water partition coefficient (Wildman–Crippen LogP) is 3.80. The average Bonchev–Trinajstić information content (AvgIpc) is 2.32. The molecule has 1 N–H and O–H groups in total. The highest BCUT2D eigenvalue weighted by Gasteiger charge is 2.12. The summed E-state index contributed by atoms with van der Waals surface area (Å²) in [4.78, 5) is 2.45. The Kier molecular flexibility index (Phi) is 6.97. The van der Waals surface area contributed by atoms with Gasteiger partial charge in [0.15, 0.2) is 0 Å². The Morgan fingerprint density at radius 2 is 1.84 bits per heavy atom. The molecule has 0 saturated carbocycles.